The normalized spacial score (nSPS) is 12.0. The van der Waals surface area contributed by atoms with Crippen molar-refractivity contribution in [2.24, 2.45) is 5.73 Å². The van der Waals surface area contributed by atoms with Crippen LogP contribution in [0.3, 0.4) is 0 Å². The van der Waals surface area contributed by atoms with Crippen LogP contribution in [0.25, 0.3) is 0 Å². The Bertz CT molecular complexity index is 107. The van der Waals surface area contributed by atoms with Crippen molar-refractivity contribution in [2.75, 3.05) is 6.54 Å². The lowest BCUT2D eigenvalue weighted by atomic mass is 10.1. The summed E-state index contributed by atoms with van der Waals surface area (Å²) in [5.41, 5.74) is 5.43. The Morgan fingerprint density at radius 2 is 1.23 bits per heavy atom. The van der Waals surface area contributed by atoms with E-state index in [4.69, 9.17) is 5.73 Å². The summed E-state index contributed by atoms with van der Waals surface area (Å²) >= 11 is 0. The van der Waals surface area contributed by atoms with Gasteiger partial charge in [-0.3, -0.25) is 0 Å². The topological polar surface area (TPSA) is 26.0 Å². The molecule has 2 N–H and O–H groups in total. The van der Waals surface area contributed by atoms with E-state index in [2.05, 4.69) is 19.6 Å². The predicted octanol–water partition coefficient (Wildman–Crippen LogP) is 3.62. The quantitative estimate of drug-likeness (QED) is 0.471. The lowest BCUT2D eigenvalue weighted by Gasteiger charge is -2.14. The second-order valence-corrected chi connectivity index (χ2v) is 10.8. The van der Waals surface area contributed by atoms with Crippen molar-refractivity contribution >= 4 is 8.07 Å². The average molecular weight is 201 g/mol. The molecular formula is C11H27NSi. The smallest absolute Gasteiger partial charge is 0.0442 e. The molecule has 0 bridgehead atoms. The molecule has 0 aromatic heterocycles. The summed E-state index contributed by atoms with van der Waals surface area (Å²) in [6.45, 7) is 8.25. The molecule has 0 rings (SSSR count). The molecule has 0 aromatic rings. The van der Waals surface area contributed by atoms with E-state index in [1.54, 1.807) is 0 Å². The van der Waals surface area contributed by atoms with E-state index in [-0.39, 0.29) is 0 Å². The first-order chi connectivity index (χ1) is 6.06. The lowest BCUT2D eigenvalue weighted by Crippen LogP contribution is -2.18. The molecule has 0 atom stereocenters. The Hall–Kier alpha value is 0.177. The van der Waals surface area contributed by atoms with Gasteiger partial charge in [0.05, 0.1) is 0 Å². The molecule has 0 aliphatic rings. The minimum atomic E-state index is -0.753. The van der Waals surface area contributed by atoms with Crippen LogP contribution in [0.5, 0.6) is 0 Å². The summed E-state index contributed by atoms with van der Waals surface area (Å²) in [7, 11) is -0.753. The molecule has 0 fully saturated rings. The molecule has 0 aliphatic heterocycles. The molecule has 0 heterocycles. The van der Waals surface area contributed by atoms with E-state index >= 15 is 0 Å². The second-order valence-electron chi connectivity index (χ2n) is 5.22. The highest BCUT2D eigenvalue weighted by atomic mass is 28.3. The van der Waals surface area contributed by atoms with Crippen LogP contribution in [-0.2, 0) is 0 Å². The molecule has 80 valence electrons. The van der Waals surface area contributed by atoms with Crippen LogP contribution in [-0.4, -0.2) is 14.6 Å². The van der Waals surface area contributed by atoms with Gasteiger partial charge in [0, 0.05) is 8.07 Å². The highest BCUT2D eigenvalue weighted by Gasteiger charge is 2.11. The van der Waals surface area contributed by atoms with Crippen LogP contribution in [0.15, 0.2) is 0 Å². The first-order valence-corrected chi connectivity index (χ1v) is 9.47. The summed E-state index contributed by atoms with van der Waals surface area (Å²) in [5, 5.41) is 0. The molecule has 0 amide bonds. The molecule has 0 spiro atoms. The van der Waals surface area contributed by atoms with Gasteiger partial charge >= 0.3 is 0 Å². The van der Waals surface area contributed by atoms with Gasteiger partial charge in [0.1, 0.15) is 0 Å². The van der Waals surface area contributed by atoms with Crippen molar-refractivity contribution in [1.82, 2.24) is 0 Å². The van der Waals surface area contributed by atoms with Gasteiger partial charge in [-0.1, -0.05) is 57.8 Å². The van der Waals surface area contributed by atoms with Gasteiger partial charge < -0.3 is 5.73 Å². The summed E-state index contributed by atoms with van der Waals surface area (Å²) in [5.74, 6) is 0. The predicted molar refractivity (Wildman–Crippen MR) is 64.9 cm³/mol. The summed E-state index contributed by atoms with van der Waals surface area (Å²) in [6, 6.07) is 1.50. The molecule has 13 heavy (non-hydrogen) atoms. The first kappa shape index (κ1) is 13.2. The minimum absolute atomic E-state index is 0.753. The highest BCUT2D eigenvalue weighted by Crippen LogP contribution is 2.15. The van der Waals surface area contributed by atoms with Crippen molar-refractivity contribution in [1.29, 1.82) is 0 Å². The fourth-order valence-electron chi connectivity index (χ4n) is 1.51. The Morgan fingerprint density at radius 1 is 0.769 bits per heavy atom. The summed E-state index contributed by atoms with van der Waals surface area (Å²) in [4.78, 5) is 0. The second kappa shape index (κ2) is 7.57. The average Bonchev–Trinajstić information content (AvgIpc) is 2.01. The van der Waals surface area contributed by atoms with Gasteiger partial charge in [-0.25, -0.2) is 0 Å². The number of hydrogen-bond acceptors (Lipinski definition) is 1. The molecule has 2 heteroatoms. The maximum Gasteiger partial charge on any atom is 0.0442 e. The van der Waals surface area contributed by atoms with E-state index in [9.17, 15) is 0 Å². The van der Waals surface area contributed by atoms with Crippen molar-refractivity contribution in [3.05, 3.63) is 0 Å². The number of hydrogen-bond donors (Lipinski definition) is 1. The van der Waals surface area contributed by atoms with E-state index < -0.39 is 8.07 Å². The van der Waals surface area contributed by atoms with Gasteiger partial charge in [0.15, 0.2) is 0 Å². The molecule has 0 saturated heterocycles. The van der Waals surface area contributed by atoms with E-state index in [0.29, 0.717) is 0 Å². The Balaban J connectivity index is 3.00. The molecule has 0 unspecified atom stereocenters. The van der Waals surface area contributed by atoms with Gasteiger partial charge in [-0.05, 0) is 13.0 Å². The third-order valence-electron chi connectivity index (χ3n) is 2.38. The van der Waals surface area contributed by atoms with Crippen LogP contribution < -0.4 is 5.73 Å². The zero-order chi connectivity index (χ0) is 10.2. The molecule has 0 saturated carbocycles. The third kappa shape index (κ3) is 12.2. The number of unbranched alkanes of at least 4 members (excludes halogenated alkanes) is 5. The number of nitrogens with two attached hydrogens (primary N) is 1. The zero-order valence-corrected chi connectivity index (χ0v) is 10.7. The van der Waals surface area contributed by atoms with Gasteiger partial charge in [-0.2, -0.15) is 0 Å². The van der Waals surface area contributed by atoms with Crippen molar-refractivity contribution < 1.29 is 0 Å². The van der Waals surface area contributed by atoms with Gasteiger partial charge in [0.25, 0.3) is 0 Å². The highest BCUT2D eigenvalue weighted by molar-refractivity contribution is 6.76. The Kier molecular flexibility index (Phi) is 7.67. The minimum Gasteiger partial charge on any atom is -0.330 e. The van der Waals surface area contributed by atoms with E-state index in [1.807, 2.05) is 0 Å². The molecule has 0 radical (unpaired) electrons. The molecule has 0 aromatic carbocycles. The molecule has 1 nitrogen and oxygen atoms in total. The van der Waals surface area contributed by atoms with Gasteiger partial charge in [0.2, 0.25) is 0 Å². The third-order valence-corrected chi connectivity index (χ3v) is 4.23. The SMILES string of the molecule is C[Si](C)(C)CCCCCCCCN. The van der Waals surface area contributed by atoms with Gasteiger partial charge in [-0.15, -0.1) is 0 Å². The standard InChI is InChI=1S/C11H27NSi/c1-13(2,3)11-9-7-5-4-6-8-10-12/h4-12H2,1-3H3. The Morgan fingerprint density at radius 3 is 1.69 bits per heavy atom. The van der Waals surface area contributed by atoms with Crippen molar-refractivity contribution in [3.8, 4) is 0 Å². The van der Waals surface area contributed by atoms with Crippen LogP contribution in [0, 0.1) is 0 Å². The fourth-order valence-corrected chi connectivity index (χ4v) is 2.82. The molecule has 0 aliphatic carbocycles. The summed E-state index contributed by atoms with van der Waals surface area (Å²) < 4.78 is 0. The van der Waals surface area contributed by atoms with Crippen LogP contribution in [0.4, 0.5) is 0 Å². The van der Waals surface area contributed by atoms with Crippen molar-refractivity contribution in [3.63, 3.8) is 0 Å². The van der Waals surface area contributed by atoms with Crippen LogP contribution >= 0.6 is 0 Å². The Labute approximate surface area is 85.1 Å². The summed E-state index contributed by atoms with van der Waals surface area (Å²) in [6.07, 6.45) is 8.26. The van der Waals surface area contributed by atoms with E-state index in [1.165, 1.54) is 44.6 Å². The first-order valence-electron chi connectivity index (χ1n) is 5.76. The largest absolute Gasteiger partial charge is 0.330 e. The van der Waals surface area contributed by atoms with Crippen LogP contribution in [0.1, 0.15) is 38.5 Å². The number of rotatable bonds is 8. The van der Waals surface area contributed by atoms with Crippen molar-refractivity contribution in [2.45, 2.75) is 64.2 Å². The van der Waals surface area contributed by atoms with E-state index in [0.717, 1.165) is 6.54 Å². The maximum absolute atomic E-state index is 5.43. The zero-order valence-electron chi connectivity index (χ0n) is 9.73. The lowest BCUT2D eigenvalue weighted by molar-refractivity contribution is 0.610. The monoisotopic (exact) mass is 201 g/mol. The van der Waals surface area contributed by atoms with Crippen LogP contribution in [0.2, 0.25) is 25.7 Å². The fraction of sp³-hybridized carbons (Fsp3) is 1.00. The molecular weight excluding hydrogens is 174 g/mol. The maximum atomic E-state index is 5.43.